The minimum atomic E-state index is -3.81. The van der Waals surface area contributed by atoms with Gasteiger partial charge < -0.3 is 15.2 Å². The summed E-state index contributed by atoms with van der Waals surface area (Å²) in [6.45, 7) is 8.02. The summed E-state index contributed by atoms with van der Waals surface area (Å²) < 4.78 is 28.0. The molecule has 34 heavy (non-hydrogen) atoms. The molecule has 2 aliphatic heterocycles. The van der Waals surface area contributed by atoms with E-state index in [1.165, 1.54) is 16.6 Å². The summed E-state index contributed by atoms with van der Waals surface area (Å²) in [5.41, 5.74) is 3.23. The lowest BCUT2D eigenvalue weighted by Crippen LogP contribution is -2.43. The summed E-state index contributed by atoms with van der Waals surface area (Å²) >= 11 is 0. The van der Waals surface area contributed by atoms with Gasteiger partial charge >= 0.3 is 0 Å². The van der Waals surface area contributed by atoms with Crippen LogP contribution in [0.4, 0.5) is 5.69 Å². The van der Waals surface area contributed by atoms with Crippen LogP contribution in [0, 0.1) is 25.7 Å². The van der Waals surface area contributed by atoms with Crippen molar-refractivity contribution in [3.05, 3.63) is 47.3 Å². The van der Waals surface area contributed by atoms with Crippen LogP contribution in [-0.2, 0) is 14.8 Å². The summed E-state index contributed by atoms with van der Waals surface area (Å²) in [6, 6.07) is 7.16. The summed E-state index contributed by atoms with van der Waals surface area (Å²) in [4.78, 5) is 30.4. The lowest BCUT2D eigenvalue weighted by molar-refractivity contribution is -0.120. The van der Waals surface area contributed by atoms with Crippen molar-refractivity contribution >= 4 is 27.5 Å². The molecular weight excluding hydrogens is 452 g/mol. The van der Waals surface area contributed by atoms with Crippen molar-refractivity contribution in [1.29, 1.82) is 0 Å². The molecule has 2 fully saturated rings. The third-order valence-corrected chi connectivity index (χ3v) is 8.97. The quantitative estimate of drug-likeness (QED) is 0.675. The molecule has 0 aliphatic carbocycles. The second-order valence-corrected chi connectivity index (χ2v) is 11.7. The number of rotatable bonds is 5. The van der Waals surface area contributed by atoms with E-state index in [9.17, 15) is 18.0 Å². The number of likely N-dealkylation sites (tertiary alicyclic amines) is 1. The predicted octanol–water partition coefficient (Wildman–Crippen LogP) is 3.54. The van der Waals surface area contributed by atoms with E-state index in [0.717, 1.165) is 24.0 Å². The van der Waals surface area contributed by atoms with Gasteiger partial charge in [-0.3, -0.25) is 9.59 Å². The number of aromatic amines is 1. The van der Waals surface area contributed by atoms with Crippen LogP contribution >= 0.6 is 0 Å². The smallest absolute Gasteiger partial charge is 0.270 e. The summed E-state index contributed by atoms with van der Waals surface area (Å²) in [5, 5.41) is 2.93. The molecule has 1 aromatic heterocycles. The normalized spacial score (nSPS) is 20.3. The maximum atomic E-state index is 13.3. The van der Waals surface area contributed by atoms with Crippen LogP contribution in [0.1, 0.15) is 54.2 Å². The van der Waals surface area contributed by atoms with Gasteiger partial charge in [-0.15, -0.1) is 0 Å². The molecule has 0 radical (unpaired) electrons. The third kappa shape index (κ3) is 5.20. The van der Waals surface area contributed by atoms with Crippen LogP contribution in [0.15, 0.2) is 35.4 Å². The number of hydrogen-bond acceptors (Lipinski definition) is 4. The Balaban J connectivity index is 1.42. The van der Waals surface area contributed by atoms with E-state index < -0.39 is 15.9 Å². The number of nitrogens with zero attached hydrogens (tertiary/aromatic N) is 2. The Hall–Kier alpha value is -2.65. The number of piperidine rings is 2. The minimum Gasteiger partial charge on any atom is -0.356 e. The molecule has 1 atom stereocenters. The van der Waals surface area contributed by atoms with Crippen LogP contribution in [0.2, 0.25) is 0 Å². The molecule has 9 heteroatoms. The fraction of sp³-hybridized carbons (Fsp3) is 0.520. The number of sulfonamides is 1. The molecular formula is C25H34N4O4S. The molecule has 4 rings (SSSR count). The fourth-order valence-corrected chi connectivity index (χ4v) is 6.13. The molecule has 2 N–H and O–H groups in total. The zero-order chi connectivity index (χ0) is 24.5. The number of anilines is 1. The zero-order valence-corrected chi connectivity index (χ0v) is 21.0. The Morgan fingerprint density at radius 1 is 1.03 bits per heavy atom. The lowest BCUT2D eigenvalue weighted by atomic mass is 9.98. The number of nitrogens with one attached hydrogen (secondary N) is 2. The van der Waals surface area contributed by atoms with Crippen molar-refractivity contribution in [3.8, 4) is 0 Å². The van der Waals surface area contributed by atoms with Crippen LogP contribution in [0.3, 0.4) is 0 Å². The van der Waals surface area contributed by atoms with Crippen molar-refractivity contribution in [1.82, 2.24) is 14.2 Å². The Bertz CT molecular complexity index is 1170. The van der Waals surface area contributed by atoms with Crippen LogP contribution in [-0.4, -0.2) is 60.6 Å². The Kier molecular flexibility index (Phi) is 7.14. The van der Waals surface area contributed by atoms with Crippen molar-refractivity contribution < 1.29 is 18.0 Å². The second-order valence-electron chi connectivity index (χ2n) is 9.71. The van der Waals surface area contributed by atoms with Gasteiger partial charge in [-0.2, -0.15) is 4.31 Å². The molecule has 2 saturated heterocycles. The highest BCUT2D eigenvalue weighted by Gasteiger charge is 2.34. The van der Waals surface area contributed by atoms with E-state index in [-0.39, 0.29) is 28.9 Å². The Morgan fingerprint density at radius 2 is 1.76 bits per heavy atom. The minimum absolute atomic E-state index is 0.0662. The Labute approximate surface area is 201 Å². The van der Waals surface area contributed by atoms with E-state index in [4.69, 9.17) is 0 Å². The molecule has 2 amide bonds. The van der Waals surface area contributed by atoms with Crippen LogP contribution < -0.4 is 5.32 Å². The first-order chi connectivity index (χ1) is 16.1. The number of hydrogen-bond donors (Lipinski definition) is 2. The number of aromatic nitrogens is 1. The molecule has 184 valence electrons. The Morgan fingerprint density at radius 3 is 2.47 bits per heavy atom. The first-order valence-electron chi connectivity index (χ1n) is 12.0. The predicted molar refractivity (Wildman–Crippen MR) is 131 cm³/mol. The molecule has 0 bridgehead atoms. The van der Waals surface area contributed by atoms with Crippen molar-refractivity contribution in [3.63, 3.8) is 0 Å². The van der Waals surface area contributed by atoms with Gasteiger partial charge in [0.1, 0.15) is 10.6 Å². The number of aryl methyl sites for hydroxylation is 2. The zero-order valence-electron chi connectivity index (χ0n) is 20.1. The average molecular weight is 487 g/mol. The van der Waals surface area contributed by atoms with Gasteiger partial charge in [0.05, 0.1) is 5.92 Å². The molecule has 2 aromatic rings. The topological polar surface area (TPSA) is 103 Å². The van der Waals surface area contributed by atoms with E-state index in [1.54, 1.807) is 4.90 Å². The van der Waals surface area contributed by atoms with Crippen molar-refractivity contribution in [2.24, 2.45) is 11.8 Å². The lowest BCUT2D eigenvalue weighted by Gasteiger charge is -2.31. The monoisotopic (exact) mass is 486 g/mol. The third-order valence-electron chi connectivity index (χ3n) is 7.12. The highest BCUT2D eigenvalue weighted by Crippen LogP contribution is 2.26. The van der Waals surface area contributed by atoms with Gasteiger partial charge in [0, 0.05) is 38.1 Å². The molecule has 8 nitrogen and oxygen atoms in total. The maximum Gasteiger partial charge on any atom is 0.270 e. The van der Waals surface area contributed by atoms with Gasteiger partial charge in [0.2, 0.25) is 15.9 Å². The van der Waals surface area contributed by atoms with Crippen molar-refractivity contribution in [2.45, 2.75) is 51.3 Å². The number of H-pyrrole nitrogens is 1. The van der Waals surface area contributed by atoms with Crippen molar-refractivity contribution in [2.75, 3.05) is 31.5 Å². The molecule has 0 unspecified atom stereocenters. The highest BCUT2D eigenvalue weighted by molar-refractivity contribution is 7.89. The van der Waals surface area contributed by atoms with Gasteiger partial charge in [-0.1, -0.05) is 13.0 Å². The summed E-state index contributed by atoms with van der Waals surface area (Å²) in [7, 11) is -3.81. The van der Waals surface area contributed by atoms with E-state index in [1.807, 2.05) is 32.0 Å². The molecule has 2 aliphatic rings. The van der Waals surface area contributed by atoms with Gasteiger partial charge in [0.25, 0.3) is 5.91 Å². The molecule has 3 heterocycles. The van der Waals surface area contributed by atoms with Gasteiger partial charge in [0.15, 0.2) is 0 Å². The number of amides is 2. The van der Waals surface area contributed by atoms with E-state index in [2.05, 4.69) is 17.2 Å². The first-order valence-corrected chi connectivity index (χ1v) is 13.4. The van der Waals surface area contributed by atoms with Gasteiger partial charge in [-0.05, 0) is 74.8 Å². The molecule has 0 saturated carbocycles. The maximum absolute atomic E-state index is 13.3. The average Bonchev–Trinajstić information content (AvgIpc) is 3.33. The van der Waals surface area contributed by atoms with E-state index in [0.29, 0.717) is 44.1 Å². The van der Waals surface area contributed by atoms with Crippen LogP contribution in [0.25, 0.3) is 0 Å². The first kappa shape index (κ1) is 24.5. The molecule has 0 spiro atoms. The summed E-state index contributed by atoms with van der Waals surface area (Å²) in [6.07, 6.45) is 4.53. The standard InChI is InChI=1S/C25H34N4O4S/c1-17-8-11-28(12-9-17)25(31)23-14-22(15-26-23)34(32,33)29-10-4-5-20(16-29)24(30)27-21-7-6-18(2)19(3)13-21/h6-7,13-15,17,20,26H,4-5,8-12,16H2,1-3H3,(H,27,30)/t20-/m0/s1. The number of benzene rings is 1. The van der Waals surface area contributed by atoms with Gasteiger partial charge in [-0.25, -0.2) is 8.42 Å². The fourth-order valence-electron chi connectivity index (χ4n) is 4.62. The number of carbonyl (C=O) groups excluding carboxylic acids is 2. The number of carbonyl (C=O) groups is 2. The van der Waals surface area contributed by atoms with E-state index >= 15 is 0 Å². The van der Waals surface area contributed by atoms with Crippen LogP contribution in [0.5, 0.6) is 0 Å². The second kappa shape index (κ2) is 9.92. The molecule has 1 aromatic carbocycles. The largest absolute Gasteiger partial charge is 0.356 e. The SMILES string of the molecule is Cc1ccc(NC(=O)[C@H]2CCCN(S(=O)(=O)c3c[nH]c(C(=O)N4CCC(C)CC4)c3)C2)cc1C. The highest BCUT2D eigenvalue weighted by atomic mass is 32.2. The summed E-state index contributed by atoms with van der Waals surface area (Å²) in [5.74, 6) is -0.173.